The lowest BCUT2D eigenvalue weighted by atomic mass is 9.98. The molecule has 6 heteroatoms. The monoisotopic (exact) mass is 350 g/mol. The van der Waals surface area contributed by atoms with Crippen LogP contribution in [-0.2, 0) is 0 Å². The maximum Gasteiger partial charge on any atom is 0.127 e. The van der Waals surface area contributed by atoms with Gasteiger partial charge in [0.15, 0.2) is 0 Å². The number of rotatable bonds is 5. The van der Waals surface area contributed by atoms with E-state index in [1.54, 1.807) is 14.2 Å². The molecule has 0 saturated carbocycles. The zero-order valence-corrected chi connectivity index (χ0v) is 15.5. The van der Waals surface area contributed by atoms with Gasteiger partial charge in [0.05, 0.1) is 19.8 Å². The van der Waals surface area contributed by atoms with Crippen LogP contribution >= 0.6 is 24.8 Å². The minimum absolute atomic E-state index is 0. The lowest BCUT2D eigenvalue weighted by Crippen LogP contribution is -2.45. The van der Waals surface area contributed by atoms with Crippen LogP contribution in [0.1, 0.15) is 30.5 Å². The smallest absolute Gasteiger partial charge is 0.127 e. The Bertz CT molecular complexity index is 427. The molecule has 1 aromatic carbocycles. The highest BCUT2D eigenvalue weighted by Gasteiger charge is 2.26. The molecule has 0 spiro atoms. The van der Waals surface area contributed by atoms with Crippen molar-refractivity contribution in [1.82, 2.24) is 10.2 Å². The van der Waals surface area contributed by atoms with Crippen molar-refractivity contribution in [3.63, 3.8) is 0 Å². The van der Waals surface area contributed by atoms with E-state index in [9.17, 15) is 0 Å². The Morgan fingerprint density at radius 3 is 2.00 bits per heavy atom. The Kier molecular flexibility index (Phi) is 9.85. The van der Waals surface area contributed by atoms with Crippen LogP contribution in [0.15, 0.2) is 12.1 Å². The van der Waals surface area contributed by atoms with E-state index < -0.39 is 0 Å². The van der Waals surface area contributed by atoms with Gasteiger partial charge >= 0.3 is 0 Å². The summed E-state index contributed by atoms with van der Waals surface area (Å²) in [6, 6.07) is 4.55. The van der Waals surface area contributed by atoms with Crippen LogP contribution in [0.3, 0.4) is 0 Å². The molecular formula is C16H28Cl2N2O2. The van der Waals surface area contributed by atoms with Crippen LogP contribution in [0.25, 0.3) is 0 Å². The average molecular weight is 351 g/mol. The molecule has 1 saturated heterocycles. The van der Waals surface area contributed by atoms with Gasteiger partial charge in [0, 0.05) is 32.2 Å². The molecule has 1 aliphatic rings. The molecule has 2 rings (SSSR count). The number of hydrogen-bond donors (Lipinski definition) is 1. The zero-order chi connectivity index (χ0) is 14.5. The predicted octanol–water partition coefficient (Wildman–Crippen LogP) is 3.21. The Balaban J connectivity index is 0.00000220. The van der Waals surface area contributed by atoms with Gasteiger partial charge < -0.3 is 14.8 Å². The normalized spacial score (nSPS) is 16.2. The number of ether oxygens (including phenoxy) is 2. The molecule has 1 N–H and O–H groups in total. The molecule has 0 aromatic heterocycles. The Labute approximate surface area is 146 Å². The number of methoxy groups -OCH3 is 2. The largest absolute Gasteiger partial charge is 0.496 e. The van der Waals surface area contributed by atoms with Gasteiger partial charge in [-0.05, 0) is 31.0 Å². The van der Waals surface area contributed by atoms with Crippen molar-refractivity contribution >= 4 is 24.8 Å². The molecule has 0 bridgehead atoms. The first-order valence-corrected chi connectivity index (χ1v) is 7.38. The number of nitrogens with one attached hydrogen (secondary N) is 1. The fraction of sp³-hybridized carbons (Fsp3) is 0.625. The molecule has 1 aliphatic heterocycles. The predicted molar refractivity (Wildman–Crippen MR) is 96.3 cm³/mol. The van der Waals surface area contributed by atoms with E-state index in [0.29, 0.717) is 6.04 Å². The quantitative estimate of drug-likeness (QED) is 0.883. The zero-order valence-electron chi connectivity index (χ0n) is 13.8. The first-order valence-electron chi connectivity index (χ1n) is 7.38. The molecule has 0 aliphatic carbocycles. The minimum atomic E-state index is 0. The second kappa shape index (κ2) is 10.2. The number of halogens is 2. The summed E-state index contributed by atoms with van der Waals surface area (Å²) in [5.74, 6) is 1.87. The van der Waals surface area contributed by atoms with Gasteiger partial charge in [-0.3, -0.25) is 4.90 Å². The summed E-state index contributed by atoms with van der Waals surface area (Å²) in [6.07, 6.45) is 1.05. The molecule has 22 heavy (non-hydrogen) atoms. The third kappa shape index (κ3) is 4.66. The van der Waals surface area contributed by atoms with Gasteiger partial charge in [-0.25, -0.2) is 0 Å². The molecule has 0 unspecified atom stereocenters. The average Bonchev–Trinajstić information content (AvgIpc) is 2.49. The van der Waals surface area contributed by atoms with Crippen molar-refractivity contribution in [2.75, 3.05) is 40.4 Å². The number of benzene rings is 1. The van der Waals surface area contributed by atoms with Crippen molar-refractivity contribution < 1.29 is 9.47 Å². The highest BCUT2D eigenvalue weighted by molar-refractivity contribution is 5.85. The van der Waals surface area contributed by atoms with Crippen molar-refractivity contribution in [1.29, 1.82) is 0 Å². The summed E-state index contributed by atoms with van der Waals surface area (Å²) in [7, 11) is 3.48. The maximum absolute atomic E-state index is 5.62. The van der Waals surface area contributed by atoms with E-state index in [1.165, 1.54) is 5.56 Å². The highest BCUT2D eigenvalue weighted by atomic mass is 35.5. The number of piperazine rings is 1. The van der Waals surface area contributed by atoms with Gasteiger partial charge in [0.2, 0.25) is 0 Å². The van der Waals surface area contributed by atoms with Gasteiger partial charge in [-0.2, -0.15) is 0 Å². The summed E-state index contributed by atoms with van der Waals surface area (Å²) < 4.78 is 11.2. The molecule has 1 heterocycles. The van der Waals surface area contributed by atoms with E-state index >= 15 is 0 Å². The van der Waals surface area contributed by atoms with Crippen molar-refractivity contribution in [3.05, 3.63) is 23.3 Å². The van der Waals surface area contributed by atoms with Crippen LogP contribution in [0.5, 0.6) is 11.5 Å². The van der Waals surface area contributed by atoms with E-state index in [-0.39, 0.29) is 24.8 Å². The van der Waals surface area contributed by atoms with Crippen LogP contribution in [-0.4, -0.2) is 45.3 Å². The van der Waals surface area contributed by atoms with Crippen LogP contribution in [0.4, 0.5) is 0 Å². The molecular weight excluding hydrogens is 323 g/mol. The fourth-order valence-electron chi connectivity index (χ4n) is 3.04. The second-order valence-corrected chi connectivity index (χ2v) is 5.29. The lowest BCUT2D eigenvalue weighted by molar-refractivity contribution is 0.163. The topological polar surface area (TPSA) is 33.7 Å². The fourth-order valence-corrected chi connectivity index (χ4v) is 3.04. The van der Waals surface area contributed by atoms with Crippen LogP contribution < -0.4 is 14.8 Å². The van der Waals surface area contributed by atoms with Gasteiger partial charge in [-0.15, -0.1) is 24.8 Å². The number of hydrogen-bond acceptors (Lipinski definition) is 4. The summed E-state index contributed by atoms with van der Waals surface area (Å²) in [6.45, 7) is 8.53. The first-order chi connectivity index (χ1) is 9.71. The van der Waals surface area contributed by atoms with Crippen molar-refractivity contribution in [2.45, 2.75) is 26.3 Å². The van der Waals surface area contributed by atoms with E-state index in [1.807, 2.05) is 0 Å². The van der Waals surface area contributed by atoms with Crippen LogP contribution in [0, 0.1) is 6.92 Å². The molecule has 0 amide bonds. The second-order valence-electron chi connectivity index (χ2n) is 5.29. The maximum atomic E-state index is 5.62. The minimum Gasteiger partial charge on any atom is -0.496 e. The Morgan fingerprint density at radius 2 is 1.59 bits per heavy atom. The standard InChI is InChI=1S/C16H26N2O2.2ClH/c1-5-13(18-8-6-17-7-9-18)16-14(19-3)10-12(2)11-15(16)20-4;;/h10-11,13,17H,5-9H2,1-4H3;2*1H/t13-;;/m0../s1. The molecule has 0 radical (unpaired) electrons. The number of aryl methyl sites for hydroxylation is 1. The van der Waals surface area contributed by atoms with Gasteiger partial charge in [0.1, 0.15) is 11.5 Å². The van der Waals surface area contributed by atoms with Gasteiger partial charge in [-0.1, -0.05) is 6.92 Å². The summed E-state index contributed by atoms with van der Waals surface area (Å²) in [5, 5.41) is 3.41. The Hall–Kier alpha value is -0.680. The summed E-state index contributed by atoms with van der Waals surface area (Å²) in [4.78, 5) is 2.52. The molecule has 128 valence electrons. The lowest BCUT2D eigenvalue weighted by Gasteiger charge is -2.36. The van der Waals surface area contributed by atoms with E-state index in [0.717, 1.165) is 49.7 Å². The van der Waals surface area contributed by atoms with Crippen LogP contribution in [0.2, 0.25) is 0 Å². The van der Waals surface area contributed by atoms with Crippen molar-refractivity contribution in [2.24, 2.45) is 0 Å². The van der Waals surface area contributed by atoms with Gasteiger partial charge in [0.25, 0.3) is 0 Å². The third-order valence-electron chi connectivity index (χ3n) is 4.00. The summed E-state index contributed by atoms with van der Waals surface area (Å²) in [5.41, 5.74) is 2.35. The molecule has 1 fully saturated rings. The van der Waals surface area contributed by atoms with E-state index in [4.69, 9.17) is 9.47 Å². The highest BCUT2D eigenvalue weighted by Crippen LogP contribution is 2.39. The number of nitrogens with zero attached hydrogens (tertiary/aromatic N) is 1. The summed E-state index contributed by atoms with van der Waals surface area (Å²) >= 11 is 0. The van der Waals surface area contributed by atoms with Crippen molar-refractivity contribution in [3.8, 4) is 11.5 Å². The first kappa shape index (κ1) is 21.3. The molecule has 1 aromatic rings. The van der Waals surface area contributed by atoms with E-state index in [2.05, 4.69) is 36.2 Å². The Morgan fingerprint density at radius 1 is 1.09 bits per heavy atom. The SMILES string of the molecule is CC[C@@H](c1c(OC)cc(C)cc1OC)N1CCNCC1.Cl.Cl. The molecule has 1 atom stereocenters. The molecule has 4 nitrogen and oxygen atoms in total. The third-order valence-corrected chi connectivity index (χ3v) is 4.00.